The van der Waals surface area contributed by atoms with Crippen molar-refractivity contribution in [2.24, 2.45) is 0 Å². The second kappa shape index (κ2) is 3.61. The molecule has 0 saturated heterocycles. The molecule has 1 heterocycles. The van der Waals surface area contributed by atoms with Gasteiger partial charge in [0.15, 0.2) is 0 Å². The molecule has 5 heteroatoms. The van der Waals surface area contributed by atoms with Crippen molar-refractivity contribution >= 4 is 17.0 Å². The van der Waals surface area contributed by atoms with E-state index in [0.29, 0.717) is 17.6 Å². The molecule has 2 N–H and O–H groups in total. The molecule has 0 aliphatic carbocycles. The van der Waals surface area contributed by atoms with Gasteiger partial charge in [0.05, 0.1) is 17.6 Å². The Hall–Kier alpha value is -2.04. The van der Waals surface area contributed by atoms with Crippen LogP contribution < -0.4 is 5.84 Å². The molecular weight excluding hydrogens is 194 g/mol. The van der Waals surface area contributed by atoms with E-state index in [1.165, 1.54) is 4.68 Å². The number of nitrogens with zero attached hydrogens (tertiary/aromatic N) is 2. The van der Waals surface area contributed by atoms with E-state index in [4.69, 9.17) is 10.6 Å². The number of rotatable bonds is 2. The molecule has 0 fully saturated rings. The molecule has 0 unspecified atom stereocenters. The fourth-order valence-corrected chi connectivity index (χ4v) is 1.38. The van der Waals surface area contributed by atoms with Gasteiger partial charge in [-0.2, -0.15) is 0 Å². The Labute approximate surface area is 86.4 Å². The van der Waals surface area contributed by atoms with E-state index in [-0.39, 0.29) is 5.82 Å². The minimum atomic E-state index is -0.504. The summed E-state index contributed by atoms with van der Waals surface area (Å²) in [5.41, 5.74) is 1.39. The van der Waals surface area contributed by atoms with Gasteiger partial charge in [0.1, 0.15) is 0 Å². The first kappa shape index (κ1) is 9.51. The summed E-state index contributed by atoms with van der Waals surface area (Å²) >= 11 is 0. The molecule has 0 bridgehead atoms. The summed E-state index contributed by atoms with van der Waals surface area (Å²) in [4.78, 5) is 15.5. The molecule has 15 heavy (non-hydrogen) atoms. The van der Waals surface area contributed by atoms with Crippen LogP contribution in [0.25, 0.3) is 11.0 Å². The molecule has 0 amide bonds. The molecular formula is C10H11N3O2. The molecule has 0 radical (unpaired) electrons. The zero-order chi connectivity index (χ0) is 10.8. The number of nitrogens with two attached hydrogens (primary N) is 1. The predicted molar refractivity (Wildman–Crippen MR) is 55.8 cm³/mol. The van der Waals surface area contributed by atoms with Crippen LogP contribution in [0.1, 0.15) is 17.5 Å². The molecule has 5 nitrogen and oxygen atoms in total. The highest BCUT2D eigenvalue weighted by Gasteiger charge is 2.16. The molecule has 0 atom stereocenters. The third-order valence-corrected chi connectivity index (χ3v) is 2.05. The van der Waals surface area contributed by atoms with Crippen LogP contribution in [0, 0.1) is 0 Å². The van der Waals surface area contributed by atoms with Crippen molar-refractivity contribution in [2.45, 2.75) is 6.92 Å². The van der Waals surface area contributed by atoms with E-state index in [0.717, 1.165) is 0 Å². The number of ether oxygens (including phenoxy) is 1. The normalized spacial score (nSPS) is 10.5. The fraction of sp³-hybridized carbons (Fsp3) is 0.200. The second-order valence-corrected chi connectivity index (χ2v) is 3.01. The van der Waals surface area contributed by atoms with Crippen LogP contribution in [0.4, 0.5) is 0 Å². The molecule has 0 saturated carbocycles. The van der Waals surface area contributed by atoms with Gasteiger partial charge in [-0.3, -0.25) is 0 Å². The largest absolute Gasteiger partial charge is 0.460 e. The summed E-state index contributed by atoms with van der Waals surface area (Å²) in [6.45, 7) is 2.05. The minimum Gasteiger partial charge on any atom is -0.460 e. The van der Waals surface area contributed by atoms with Crippen molar-refractivity contribution < 1.29 is 9.53 Å². The van der Waals surface area contributed by atoms with E-state index in [1.54, 1.807) is 19.1 Å². The van der Waals surface area contributed by atoms with E-state index in [1.807, 2.05) is 12.1 Å². The van der Waals surface area contributed by atoms with Crippen molar-refractivity contribution in [1.82, 2.24) is 9.66 Å². The van der Waals surface area contributed by atoms with Gasteiger partial charge in [-0.15, -0.1) is 0 Å². The second-order valence-electron chi connectivity index (χ2n) is 3.01. The Bertz CT molecular complexity index is 504. The maximum Gasteiger partial charge on any atom is 0.376 e. The number of para-hydroxylation sites is 2. The van der Waals surface area contributed by atoms with Gasteiger partial charge in [0.2, 0.25) is 5.82 Å². The average Bonchev–Trinajstić information content (AvgIpc) is 2.57. The lowest BCUT2D eigenvalue weighted by Gasteiger charge is -2.00. The van der Waals surface area contributed by atoms with Crippen LogP contribution in [0.5, 0.6) is 0 Å². The van der Waals surface area contributed by atoms with Gasteiger partial charge in [0, 0.05) is 0 Å². The molecule has 2 rings (SSSR count). The highest BCUT2D eigenvalue weighted by atomic mass is 16.5. The van der Waals surface area contributed by atoms with Crippen molar-refractivity contribution in [2.75, 3.05) is 12.4 Å². The zero-order valence-electron chi connectivity index (χ0n) is 8.30. The number of benzene rings is 1. The Morgan fingerprint density at radius 3 is 2.93 bits per heavy atom. The zero-order valence-corrected chi connectivity index (χ0v) is 8.30. The van der Waals surface area contributed by atoms with Crippen LogP contribution in [-0.4, -0.2) is 22.2 Å². The number of imidazole rings is 1. The molecule has 78 valence electrons. The third kappa shape index (κ3) is 1.52. The Morgan fingerprint density at radius 1 is 1.53 bits per heavy atom. The van der Waals surface area contributed by atoms with Crippen molar-refractivity contribution in [1.29, 1.82) is 0 Å². The molecule has 1 aromatic carbocycles. The maximum atomic E-state index is 11.4. The number of fused-ring (bicyclic) bond motifs is 1. The van der Waals surface area contributed by atoms with Crippen LogP contribution in [0.15, 0.2) is 24.3 Å². The predicted octanol–water partition coefficient (Wildman–Crippen LogP) is 0.927. The minimum absolute atomic E-state index is 0.123. The van der Waals surface area contributed by atoms with E-state index < -0.39 is 5.97 Å². The van der Waals surface area contributed by atoms with Crippen LogP contribution >= 0.6 is 0 Å². The van der Waals surface area contributed by atoms with E-state index >= 15 is 0 Å². The quantitative estimate of drug-likeness (QED) is 0.584. The first-order valence-electron chi connectivity index (χ1n) is 4.63. The molecule has 0 aliphatic rings. The first-order valence-corrected chi connectivity index (χ1v) is 4.63. The first-order chi connectivity index (χ1) is 7.24. The summed E-state index contributed by atoms with van der Waals surface area (Å²) < 4.78 is 6.08. The van der Waals surface area contributed by atoms with Crippen LogP contribution in [-0.2, 0) is 4.74 Å². The van der Waals surface area contributed by atoms with Gasteiger partial charge >= 0.3 is 5.97 Å². The fourth-order valence-electron chi connectivity index (χ4n) is 1.38. The lowest BCUT2D eigenvalue weighted by atomic mass is 10.3. The van der Waals surface area contributed by atoms with Gasteiger partial charge in [-0.05, 0) is 19.1 Å². The molecule has 0 aliphatic heterocycles. The molecule has 1 aromatic heterocycles. The Morgan fingerprint density at radius 2 is 2.27 bits per heavy atom. The maximum absolute atomic E-state index is 11.4. The number of hydrogen-bond donors (Lipinski definition) is 1. The van der Waals surface area contributed by atoms with Gasteiger partial charge in [0.25, 0.3) is 0 Å². The number of esters is 1. The monoisotopic (exact) mass is 205 g/mol. The summed E-state index contributed by atoms with van der Waals surface area (Å²) in [6, 6.07) is 7.26. The van der Waals surface area contributed by atoms with E-state index in [2.05, 4.69) is 4.98 Å². The topological polar surface area (TPSA) is 70.1 Å². The third-order valence-electron chi connectivity index (χ3n) is 2.05. The standard InChI is InChI=1S/C10H11N3O2/c1-2-15-10(14)9-12-7-5-3-4-6-8(7)13(9)11/h3-6H,2,11H2,1H3. The van der Waals surface area contributed by atoms with Gasteiger partial charge in [-0.25, -0.2) is 14.5 Å². The Balaban J connectivity index is 2.53. The summed E-state index contributed by atoms with van der Waals surface area (Å²) in [5.74, 6) is 5.34. The summed E-state index contributed by atoms with van der Waals surface area (Å²) in [6.07, 6.45) is 0. The Kier molecular flexibility index (Phi) is 2.29. The van der Waals surface area contributed by atoms with Crippen LogP contribution in [0.2, 0.25) is 0 Å². The van der Waals surface area contributed by atoms with Crippen LogP contribution in [0.3, 0.4) is 0 Å². The number of carbonyl (C=O) groups is 1. The average molecular weight is 205 g/mol. The van der Waals surface area contributed by atoms with Crippen molar-refractivity contribution in [3.05, 3.63) is 30.1 Å². The van der Waals surface area contributed by atoms with Gasteiger partial charge in [-0.1, -0.05) is 12.1 Å². The van der Waals surface area contributed by atoms with Crippen molar-refractivity contribution in [3.63, 3.8) is 0 Å². The molecule has 0 spiro atoms. The highest BCUT2D eigenvalue weighted by molar-refractivity contribution is 5.91. The summed E-state index contributed by atoms with van der Waals surface area (Å²) in [7, 11) is 0. The van der Waals surface area contributed by atoms with Gasteiger partial charge < -0.3 is 10.6 Å². The van der Waals surface area contributed by atoms with E-state index in [9.17, 15) is 4.79 Å². The number of aromatic nitrogens is 2. The highest BCUT2D eigenvalue weighted by Crippen LogP contribution is 2.13. The summed E-state index contributed by atoms with van der Waals surface area (Å²) in [5, 5.41) is 0. The lowest BCUT2D eigenvalue weighted by molar-refractivity contribution is 0.0509. The molecule has 2 aromatic rings. The SMILES string of the molecule is CCOC(=O)c1nc2ccccc2n1N. The number of nitrogen functional groups attached to an aromatic ring is 1. The lowest BCUT2D eigenvalue weighted by Crippen LogP contribution is -2.18. The number of carbonyl (C=O) groups excluding carboxylic acids is 1. The number of hydrogen-bond acceptors (Lipinski definition) is 4. The van der Waals surface area contributed by atoms with Crippen molar-refractivity contribution in [3.8, 4) is 0 Å². The smallest absolute Gasteiger partial charge is 0.376 e.